The first-order chi connectivity index (χ1) is 56.4. The van der Waals surface area contributed by atoms with Gasteiger partial charge in [0.1, 0.15) is 22.2 Å². The van der Waals surface area contributed by atoms with Crippen LogP contribution in [0.4, 0.5) is 0 Å². The van der Waals surface area contributed by atoms with Crippen molar-refractivity contribution in [3.8, 4) is 0 Å². The summed E-state index contributed by atoms with van der Waals surface area (Å²) in [5, 5.41) is 122. The molecule has 11 heterocycles. The minimum Gasteiger partial charge on any atom is -0.480 e. The minimum atomic E-state index is -4.17. The van der Waals surface area contributed by atoms with Crippen LogP contribution in [-0.4, -0.2) is 417 Å². The average molecular weight is 1880 g/mol. The Morgan fingerprint density at radius 1 is 0.402 bits per heavy atom. The zero-order chi connectivity index (χ0) is 91.1. The lowest BCUT2D eigenvalue weighted by Crippen LogP contribution is -2.63. The van der Waals surface area contributed by atoms with Gasteiger partial charge in [-0.2, -0.15) is 68.1 Å². The Hall–Kier alpha value is -3.17. The maximum Gasteiger partial charge on any atom is 0.451 e. The quantitative estimate of drug-likeness (QED) is 0.0254. The summed E-state index contributed by atoms with van der Waals surface area (Å²) in [6, 6.07) is -1.29. The molecule has 24 N–H and O–H groups in total. The number of aliphatic carboxylic acids is 4. The van der Waals surface area contributed by atoms with Gasteiger partial charge in [0.15, 0.2) is 29.5 Å². The van der Waals surface area contributed by atoms with Crippen molar-refractivity contribution in [2.75, 3.05) is 154 Å². The van der Waals surface area contributed by atoms with Crippen molar-refractivity contribution in [2.45, 2.75) is 193 Å². The van der Waals surface area contributed by atoms with Gasteiger partial charge in [-0.05, 0) is 94.4 Å². The second-order valence-electron chi connectivity index (χ2n) is 36.0. The predicted molar refractivity (Wildman–Crippen MR) is 449 cm³/mol. The van der Waals surface area contributed by atoms with Crippen LogP contribution >= 0.6 is 0 Å². The Morgan fingerprint density at radius 3 is 0.893 bits per heavy atom. The fourth-order valence-corrected chi connectivity index (χ4v) is 31.1. The van der Waals surface area contributed by atoms with Crippen LogP contribution in [0.15, 0.2) is 0 Å². The summed E-state index contributed by atoms with van der Waals surface area (Å²) in [4.78, 5) is 47.5. The van der Waals surface area contributed by atoms with Gasteiger partial charge in [0.05, 0.1) is 57.7 Å². The number of carboxylic acid groups (broad SMARTS) is 4. The molecule has 0 spiro atoms. The maximum atomic E-state index is 13.6. The summed E-state index contributed by atoms with van der Waals surface area (Å²) in [5.41, 5.74) is 17.2. The molecule has 11 saturated heterocycles. The molecule has 0 bridgehead atoms. The molecule has 11 fully saturated rings. The van der Waals surface area contributed by atoms with Crippen LogP contribution in [0, 0.1) is 35.0 Å². The standard InChI is InChI=1S/C17H33BN4O8S2.2C16H31BN4O8S2.C16H33BN4O6S/c19-17(16(23)24)12-21(10-13(17)4-3-6-18(25)26)32(29,30)22(14-8-20-9-14)11-15-5-1-2-7-31(15,27)28;18-16(15(22)23)11-20(9-12(16)3-1-5-17(24)25)31(28,29)21(13-7-19-8-13)10-14-4-2-6-30(14,26)27;18-16(15(22)23)11-20(9-13(16)2-1-4-17(24)25)31(28,29)21(14-6-19-7-14)8-12-3-5-30(26,27)10-12;1-15(2,3)10-21(13-7-19-8-13)28(26,27)20-9-12(5-4-6-17(24)25)16(18,11-20)14(22)23/h13-15,20,25-26H,1-12,19H2,(H,23,24);2*12-14,19,24-25H,1-11,18H2,(H,22,23);12-13,19,24-25H,4-11,18H2,1-3H3,(H,22,23)/t13-,15?,17-;12-,14?,16-;12?,13-,16-;12-,16-/m0000/s1. The molecule has 0 aromatic heterocycles. The third kappa shape index (κ3) is 25.5. The predicted octanol–water partition coefficient (Wildman–Crippen LogP) is -10.1. The van der Waals surface area contributed by atoms with E-state index < -0.39 is 211 Å². The summed E-state index contributed by atoms with van der Waals surface area (Å²) in [7, 11) is -32.3. The van der Waals surface area contributed by atoms with E-state index in [1.54, 1.807) is 0 Å². The number of nitrogens with one attached hydrogen (secondary N) is 4. The molecule has 0 radical (unpaired) electrons. The van der Waals surface area contributed by atoms with Crippen molar-refractivity contribution in [3.05, 3.63) is 0 Å². The number of nitrogens with two attached hydrogens (primary N) is 4. The van der Waals surface area contributed by atoms with Gasteiger partial charge < -0.3 is 105 Å². The molecule has 11 rings (SSSR count). The Balaban J connectivity index is 0.000000202. The van der Waals surface area contributed by atoms with Gasteiger partial charge in [-0.3, -0.25) is 19.2 Å². The largest absolute Gasteiger partial charge is 0.480 e. The number of rotatable bonds is 39. The van der Waals surface area contributed by atoms with E-state index in [-0.39, 0.29) is 156 Å². The molecule has 11 aliphatic rings. The number of nitrogens with zero attached hydrogens (tertiary/aromatic N) is 8. The number of carbonyl (C=O) groups is 4. The maximum absolute atomic E-state index is 13.6. The van der Waals surface area contributed by atoms with Crippen LogP contribution in [0.2, 0.25) is 25.3 Å². The van der Waals surface area contributed by atoms with E-state index in [1.807, 2.05) is 20.8 Å². The highest BCUT2D eigenvalue weighted by Gasteiger charge is 2.60. The van der Waals surface area contributed by atoms with Gasteiger partial charge in [0.25, 0.3) is 40.8 Å². The third-order valence-corrected chi connectivity index (χ3v) is 39.7. The second kappa shape index (κ2) is 41.9. The van der Waals surface area contributed by atoms with E-state index in [4.69, 9.17) is 63.1 Å². The zero-order valence-electron chi connectivity index (χ0n) is 69.3. The smallest absolute Gasteiger partial charge is 0.451 e. The van der Waals surface area contributed by atoms with Crippen LogP contribution in [0.1, 0.15) is 111 Å². The Labute approximate surface area is 717 Å². The number of hydrogen-bond donors (Lipinski definition) is 20. The van der Waals surface area contributed by atoms with Crippen LogP contribution in [0.5, 0.6) is 0 Å². The molecular formula is C65H128B4N16O30S7. The van der Waals surface area contributed by atoms with E-state index in [9.17, 15) is 98.5 Å². The fourth-order valence-electron chi connectivity index (χ4n) is 17.5. The SMILES string of the molecule is CC(C)(C)CN(C1CNC1)S(=O)(=O)N1C[C@H](CCCB(O)O)[C@](N)(C(=O)O)C1.N[C@@]1(C(=O)O)CN(S(=O)(=O)N(CC2CCCCS2(=O)=O)C2CNC2)C[C@@H]1CCCB(O)O.N[C@@]1(C(=O)O)CN(S(=O)(=O)N(CC2CCCS2(=O)=O)C2CNC2)C[C@@H]1CCCB(O)O.N[C@@]1(C(=O)O)CN(S(=O)(=O)N(CC2CCS(=O)(=O)C2)C2CNC2)C[C@@H]1CCCB(O)O. The number of sulfone groups is 3. The fraction of sp³-hybridized carbons (Fsp3) is 0.938. The Morgan fingerprint density at radius 2 is 0.664 bits per heavy atom. The normalized spacial score (nSPS) is 30.6. The summed E-state index contributed by atoms with van der Waals surface area (Å²) in [6.45, 7) is 7.67. The molecular weight excluding hydrogens is 1750 g/mol. The van der Waals surface area contributed by atoms with E-state index in [2.05, 4.69) is 21.3 Å². The van der Waals surface area contributed by atoms with Crippen LogP contribution in [-0.2, 0) is 89.5 Å². The zero-order valence-corrected chi connectivity index (χ0v) is 75.0. The van der Waals surface area contributed by atoms with E-state index in [0.29, 0.717) is 117 Å². The lowest BCUT2D eigenvalue weighted by molar-refractivity contribution is -0.145. The second-order valence-corrected chi connectivity index (χ2v) is 50.5. The van der Waals surface area contributed by atoms with Gasteiger partial charge in [0, 0.05) is 155 Å². The first-order valence-corrected chi connectivity index (χ1v) is 52.3. The summed E-state index contributed by atoms with van der Waals surface area (Å²) in [6.07, 6.45) is 5.32. The molecule has 0 aromatic carbocycles. The first-order valence-electron chi connectivity index (χ1n) is 41.5. The lowest BCUT2D eigenvalue weighted by atomic mass is 9.78. The van der Waals surface area contributed by atoms with E-state index in [1.165, 1.54) is 21.5 Å². The van der Waals surface area contributed by atoms with Crippen molar-refractivity contribution in [1.29, 1.82) is 0 Å². The Bertz CT molecular complexity index is 4420. The van der Waals surface area contributed by atoms with Crippen LogP contribution in [0.3, 0.4) is 0 Å². The molecule has 702 valence electrons. The summed E-state index contributed by atoms with van der Waals surface area (Å²) < 4.78 is 191. The molecule has 3 unspecified atom stereocenters. The van der Waals surface area contributed by atoms with E-state index >= 15 is 0 Å². The molecule has 0 aromatic rings. The van der Waals surface area contributed by atoms with Gasteiger partial charge in [-0.1, -0.05) is 52.9 Å². The first kappa shape index (κ1) is 104. The molecule has 122 heavy (non-hydrogen) atoms. The van der Waals surface area contributed by atoms with Crippen molar-refractivity contribution < 1.29 is 139 Å². The monoisotopic (exact) mass is 1880 g/mol. The third-order valence-electron chi connectivity index (χ3n) is 25.5. The molecule has 11 atom stereocenters. The minimum absolute atomic E-state index is 0.00739. The van der Waals surface area contributed by atoms with Crippen LogP contribution < -0.4 is 44.2 Å². The lowest BCUT2D eigenvalue weighted by Gasteiger charge is -2.41. The van der Waals surface area contributed by atoms with Gasteiger partial charge in [-0.15, -0.1) is 0 Å². The van der Waals surface area contributed by atoms with Crippen molar-refractivity contribution in [3.63, 3.8) is 0 Å². The van der Waals surface area contributed by atoms with Crippen molar-refractivity contribution in [2.24, 2.45) is 57.9 Å². The van der Waals surface area contributed by atoms with Crippen molar-refractivity contribution >= 4 is 123 Å². The van der Waals surface area contributed by atoms with Crippen molar-refractivity contribution in [1.82, 2.24) is 55.7 Å². The topological polar surface area (TPSA) is 728 Å². The highest BCUT2D eigenvalue weighted by molar-refractivity contribution is 7.93. The summed E-state index contributed by atoms with van der Waals surface area (Å²) in [5.74, 6) is -8.14. The molecule has 57 heteroatoms. The highest BCUT2D eigenvalue weighted by Crippen LogP contribution is 2.41. The highest BCUT2D eigenvalue weighted by atomic mass is 32.2. The molecule has 0 aliphatic carbocycles. The number of hydrogen-bond acceptors (Lipinski definition) is 34. The molecule has 0 amide bonds. The van der Waals surface area contributed by atoms with Gasteiger partial charge >= 0.3 is 52.4 Å². The van der Waals surface area contributed by atoms with Gasteiger partial charge in [-0.25, -0.2) is 25.3 Å². The molecule has 0 saturated carbocycles. The van der Waals surface area contributed by atoms with Gasteiger partial charge in [0.2, 0.25) is 0 Å². The average Bonchev–Trinajstić information content (AvgIpc) is 1.23. The number of carboxylic acids is 4. The van der Waals surface area contributed by atoms with E-state index in [0.717, 1.165) is 12.9 Å². The van der Waals surface area contributed by atoms with Crippen LogP contribution in [0.25, 0.3) is 0 Å². The Kier molecular flexibility index (Phi) is 35.8. The molecule has 46 nitrogen and oxygen atoms in total. The summed E-state index contributed by atoms with van der Waals surface area (Å²) >= 11 is 0. The molecule has 11 aliphatic heterocycles.